The molecule has 2 rings (SSSR count). The Morgan fingerprint density at radius 2 is 1.93 bits per heavy atom. The molecule has 0 saturated carbocycles. The summed E-state index contributed by atoms with van der Waals surface area (Å²) < 4.78 is 2.28. The molecule has 1 aliphatic heterocycles. The number of hydrogen-bond acceptors (Lipinski definition) is 3. The average molecular weight is 223 g/mol. The molecular weight excluding hydrogens is 205 g/mol. The lowest BCUT2D eigenvalue weighted by Gasteiger charge is -2.30. The Morgan fingerprint density at radius 1 is 1.27 bits per heavy atom. The number of rotatable bonds is 2. The van der Waals surface area contributed by atoms with Gasteiger partial charge in [-0.3, -0.25) is 4.67 Å². The Labute approximate surface area is 93.3 Å². The van der Waals surface area contributed by atoms with Crippen molar-refractivity contribution in [3.8, 4) is 0 Å². The summed E-state index contributed by atoms with van der Waals surface area (Å²) in [5, 5.41) is 3.51. The van der Waals surface area contributed by atoms with E-state index in [1.807, 2.05) is 24.3 Å². The molecule has 0 spiro atoms. The molecule has 0 amide bonds. The van der Waals surface area contributed by atoms with Gasteiger partial charge in [0.1, 0.15) is 0 Å². The number of benzene rings is 1. The second-order valence-corrected chi connectivity index (χ2v) is 4.77. The van der Waals surface area contributed by atoms with Crippen LogP contribution in [-0.2, 0) is 0 Å². The van der Waals surface area contributed by atoms with Crippen LogP contribution in [-0.4, -0.2) is 23.8 Å². The van der Waals surface area contributed by atoms with E-state index in [0.29, 0.717) is 6.04 Å². The molecule has 1 unspecified atom stereocenters. The lowest BCUT2D eigenvalue weighted by Crippen LogP contribution is -2.34. The van der Waals surface area contributed by atoms with Gasteiger partial charge in [0.15, 0.2) is 0 Å². The summed E-state index contributed by atoms with van der Waals surface area (Å²) >= 11 is 0. The molecule has 0 aromatic heterocycles. The predicted octanol–water partition coefficient (Wildman–Crippen LogP) is 1.94. The lowest BCUT2D eigenvalue weighted by atomic mass is 10.1. The van der Waals surface area contributed by atoms with Crippen LogP contribution in [0.2, 0.25) is 0 Å². The van der Waals surface area contributed by atoms with Gasteiger partial charge in [-0.25, -0.2) is 0 Å². The molecule has 1 aromatic rings. The first-order valence-electron chi connectivity index (χ1n) is 5.36. The first-order chi connectivity index (χ1) is 7.25. The monoisotopic (exact) mass is 223 g/mol. The summed E-state index contributed by atoms with van der Waals surface area (Å²) in [5.41, 5.74) is 7.80. The molecule has 1 saturated heterocycles. The van der Waals surface area contributed by atoms with E-state index in [1.54, 1.807) is 0 Å². The van der Waals surface area contributed by atoms with E-state index in [4.69, 9.17) is 5.73 Å². The number of para-hydroxylation sites is 2. The molecule has 4 heteroatoms. The van der Waals surface area contributed by atoms with Crippen LogP contribution in [0.25, 0.3) is 0 Å². The first kappa shape index (κ1) is 10.7. The highest BCUT2D eigenvalue weighted by molar-refractivity contribution is 7.13. The maximum absolute atomic E-state index is 5.89. The summed E-state index contributed by atoms with van der Waals surface area (Å²) in [6, 6.07) is 8.52. The number of nitrogens with one attached hydrogen (secondary N) is 1. The highest BCUT2D eigenvalue weighted by Gasteiger charge is 2.16. The number of piperidine rings is 1. The van der Waals surface area contributed by atoms with Crippen LogP contribution in [0.1, 0.15) is 12.8 Å². The Hall–Kier alpha value is -0.790. The molecular formula is C11H18N3P. The van der Waals surface area contributed by atoms with E-state index in [2.05, 4.69) is 19.4 Å². The molecule has 0 radical (unpaired) electrons. The third-order valence-electron chi connectivity index (χ3n) is 2.85. The van der Waals surface area contributed by atoms with E-state index in [0.717, 1.165) is 24.5 Å². The minimum absolute atomic E-state index is 0.562. The Morgan fingerprint density at radius 3 is 2.60 bits per heavy atom. The molecule has 1 aliphatic rings. The largest absolute Gasteiger partial charge is 0.397 e. The van der Waals surface area contributed by atoms with E-state index in [-0.39, 0.29) is 0 Å². The van der Waals surface area contributed by atoms with Crippen LogP contribution < -0.4 is 11.1 Å². The Balaban J connectivity index is 1.95. The normalized spacial score (nSPS) is 19.0. The van der Waals surface area contributed by atoms with Gasteiger partial charge in [-0.15, -0.1) is 0 Å². The van der Waals surface area contributed by atoms with Gasteiger partial charge in [-0.05, 0) is 25.0 Å². The van der Waals surface area contributed by atoms with Crippen molar-refractivity contribution in [2.75, 3.05) is 24.1 Å². The number of hydrogen-bond donors (Lipinski definition) is 2. The number of anilines is 2. The van der Waals surface area contributed by atoms with Gasteiger partial charge in [0.05, 0.1) is 11.4 Å². The molecule has 1 fully saturated rings. The predicted molar refractivity (Wildman–Crippen MR) is 68.8 cm³/mol. The third-order valence-corrected chi connectivity index (χ3v) is 3.37. The van der Waals surface area contributed by atoms with E-state index in [9.17, 15) is 0 Å². The van der Waals surface area contributed by atoms with Crippen LogP contribution in [0.3, 0.4) is 0 Å². The van der Waals surface area contributed by atoms with Crippen LogP contribution >= 0.6 is 9.39 Å². The Bertz CT molecular complexity index is 321. The summed E-state index contributed by atoms with van der Waals surface area (Å²) in [6.07, 6.45) is 2.36. The number of nitrogens with zero attached hydrogens (tertiary/aromatic N) is 1. The standard InChI is InChI=1S/C11H18N3P/c12-10-3-1-2-4-11(10)13-9-5-7-14(15)8-6-9/h1-4,9,13H,5-8,12,15H2. The van der Waals surface area contributed by atoms with Crippen LogP contribution in [0, 0.1) is 0 Å². The quantitative estimate of drug-likeness (QED) is 0.594. The van der Waals surface area contributed by atoms with Crippen molar-refractivity contribution in [3.05, 3.63) is 24.3 Å². The van der Waals surface area contributed by atoms with Crippen molar-refractivity contribution in [2.24, 2.45) is 0 Å². The summed E-state index contributed by atoms with van der Waals surface area (Å²) in [7, 11) is 2.76. The van der Waals surface area contributed by atoms with Gasteiger partial charge >= 0.3 is 0 Å². The fraction of sp³-hybridized carbons (Fsp3) is 0.455. The molecule has 3 N–H and O–H groups in total. The maximum Gasteiger partial charge on any atom is 0.0576 e. The van der Waals surface area contributed by atoms with Crippen LogP contribution in [0.5, 0.6) is 0 Å². The van der Waals surface area contributed by atoms with Crippen molar-refractivity contribution in [1.82, 2.24) is 4.67 Å². The van der Waals surface area contributed by atoms with Crippen LogP contribution in [0.4, 0.5) is 11.4 Å². The van der Waals surface area contributed by atoms with Gasteiger partial charge in [-0.2, -0.15) is 0 Å². The molecule has 0 bridgehead atoms. The van der Waals surface area contributed by atoms with Crippen molar-refractivity contribution in [1.29, 1.82) is 0 Å². The highest BCUT2D eigenvalue weighted by atomic mass is 31.0. The van der Waals surface area contributed by atoms with Gasteiger partial charge in [0.25, 0.3) is 0 Å². The number of nitrogen functional groups attached to an aromatic ring is 1. The average Bonchev–Trinajstić information content (AvgIpc) is 2.25. The second-order valence-electron chi connectivity index (χ2n) is 4.04. The topological polar surface area (TPSA) is 41.3 Å². The van der Waals surface area contributed by atoms with Crippen molar-refractivity contribution < 1.29 is 0 Å². The van der Waals surface area contributed by atoms with Gasteiger partial charge in [0.2, 0.25) is 0 Å². The highest BCUT2D eigenvalue weighted by Crippen LogP contribution is 2.22. The fourth-order valence-electron chi connectivity index (χ4n) is 1.89. The molecule has 1 heterocycles. The van der Waals surface area contributed by atoms with Crippen molar-refractivity contribution >= 4 is 20.8 Å². The minimum atomic E-state index is 0.562. The zero-order valence-corrected chi connectivity index (χ0v) is 9.97. The van der Waals surface area contributed by atoms with Gasteiger partial charge in [-0.1, -0.05) is 21.5 Å². The molecule has 3 nitrogen and oxygen atoms in total. The first-order valence-corrected chi connectivity index (χ1v) is 5.88. The van der Waals surface area contributed by atoms with Crippen molar-refractivity contribution in [2.45, 2.75) is 18.9 Å². The van der Waals surface area contributed by atoms with E-state index < -0.39 is 0 Å². The molecule has 15 heavy (non-hydrogen) atoms. The summed E-state index contributed by atoms with van der Waals surface area (Å²) in [6.45, 7) is 2.27. The zero-order chi connectivity index (χ0) is 10.7. The lowest BCUT2D eigenvalue weighted by molar-refractivity contribution is 0.357. The second kappa shape index (κ2) is 4.82. The minimum Gasteiger partial charge on any atom is -0.397 e. The van der Waals surface area contributed by atoms with E-state index >= 15 is 0 Å². The number of nitrogens with two attached hydrogens (primary N) is 1. The summed E-state index contributed by atoms with van der Waals surface area (Å²) in [5.74, 6) is 0. The van der Waals surface area contributed by atoms with Crippen LogP contribution in [0.15, 0.2) is 24.3 Å². The van der Waals surface area contributed by atoms with Crippen molar-refractivity contribution in [3.63, 3.8) is 0 Å². The third kappa shape index (κ3) is 2.83. The SMILES string of the molecule is Nc1ccccc1NC1CCN(P)CC1. The molecule has 82 valence electrons. The van der Waals surface area contributed by atoms with Gasteiger partial charge in [0, 0.05) is 19.1 Å². The molecule has 0 aliphatic carbocycles. The smallest absolute Gasteiger partial charge is 0.0576 e. The zero-order valence-electron chi connectivity index (χ0n) is 8.82. The Kier molecular flexibility index (Phi) is 3.45. The fourth-order valence-corrected chi connectivity index (χ4v) is 2.19. The summed E-state index contributed by atoms with van der Waals surface area (Å²) in [4.78, 5) is 0. The van der Waals surface area contributed by atoms with E-state index in [1.165, 1.54) is 12.8 Å². The molecule has 1 atom stereocenters. The molecule has 1 aromatic carbocycles. The van der Waals surface area contributed by atoms with Gasteiger partial charge < -0.3 is 11.1 Å². The maximum atomic E-state index is 5.89.